The van der Waals surface area contributed by atoms with Crippen LogP contribution in [0.5, 0.6) is 0 Å². The van der Waals surface area contributed by atoms with E-state index in [-0.39, 0.29) is 37.0 Å². The number of Topliss-reactive ketones (excluding diaryl/α,β-unsaturated/α-hetero) is 1. The minimum absolute atomic E-state index is 0.00708. The first kappa shape index (κ1) is 19.3. The fraction of sp³-hybridized carbons (Fsp3) is 0.389. The molecule has 138 valence electrons. The van der Waals surface area contributed by atoms with Gasteiger partial charge in [0.05, 0.1) is 6.42 Å². The minimum atomic E-state index is -0.493. The summed E-state index contributed by atoms with van der Waals surface area (Å²) >= 11 is 0. The molecule has 0 unspecified atom stereocenters. The van der Waals surface area contributed by atoms with Crippen molar-refractivity contribution in [1.82, 2.24) is 15.0 Å². The lowest BCUT2D eigenvalue weighted by Crippen LogP contribution is -2.17. The van der Waals surface area contributed by atoms with Crippen LogP contribution in [0.3, 0.4) is 0 Å². The van der Waals surface area contributed by atoms with Crippen LogP contribution in [0.25, 0.3) is 0 Å². The van der Waals surface area contributed by atoms with Gasteiger partial charge in [-0.1, -0.05) is 12.1 Å². The lowest BCUT2D eigenvalue weighted by atomic mass is 10.0. The van der Waals surface area contributed by atoms with Crippen LogP contribution in [0.15, 0.2) is 18.2 Å². The molecule has 0 fully saturated rings. The highest BCUT2D eigenvalue weighted by molar-refractivity contribution is 5.97. The summed E-state index contributed by atoms with van der Waals surface area (Å²) in [5, 5.41) is 0. The molecule has 1 heterocycles. The van der Waals surface area contributed by atoms with Crippen LogP contribution in [-0.2, 0) is 16.1 Å². The van der Waals surface area contributed by atoms with Gasteiger partial charge in [0.2, 0.25) is 11.9 Å². The minimum Gasteiger partial charge on any atom is -0.457 e. The highest BCUT2D eigenvalue weighted by atomic mass is 16.5. The Hall–Kier alpha value is -3.03. The van der Waals surface area contributed by atoms with E-state index < -0.39 is 5.97 Å². The van der Waals surface area contributed by atoms with Gasteiger partial charge >= 0.3 is 5.97 Å². The molecular formula is C18H23N5O3. The monoisotopic (exact) mass is 357 g/mol. The summed E-state index contributed by atoms with van der Waals surface area (Å²) in [7, 11) is 3.53. The van der Waals surface area contributed by atoms with Crippen molar-refractivity contribution in [2.24, 2.45) is 0 Å². The van der Waals surface area contributed by atoms with Crippen molar-refractivity contribution in [2.45, 2.75) is 33.3 Å². The summed E-state index contributed by atoms with van der Waals surface area (Å²) in [6.07, 6.45) is 0.0798. The first-order chi connectivity index (χ1) is 12.3. The number of carbonyl (C=O) groups excluding carboxylic acids is 2. The van der Waals surface area contributed by atoms with Crippen molar-refractivity contribution in [3.8, 4) is 0 Å². The van der Waals surface area contributed by atoms with Crippen LogP contribution in [0, 0.1) is 13.8 Å². The highest BCUT2D eigenvalue weighted by Crippen LogP contribution is 2.13. The average Bonchev–Trinajstić information content (AvgIpc) is 2.59. The van der Waals surface area contributed by atoms with Gasteiger partial charge < -0.3 is 15.4 Å². The SMILES string of the molecule is Cc1ccc(C(=O)CCC(=O)OCc2nc(N)nc(N(C)C)n2)cc1C. The van der Waals surface area contributed by atoms with Gasteiger partial charge in [-0.3, -0.25) is 9.59 Å². The zero-order valence-electron chi connectivity index (χ0n) is 15.4. The molecule has 0 amide bonds. The van der Waals surface area contributed by atoms with E-state index in [2.05, 4.69) is 15.0 Å². The Bertz CT molecular complexity index is 820. The molecule has 8 heteroatoms. The van der Waals surface area contributed by atoms with E-state index in [0.717, 1.165) is 11.1 Å². The number of esters is 1. The Kier molecular flexibility index (Phi) is 6.21. The third kappa shape index (κ3) is 5.23. The molecule has 0 atom stereocenters. The Morgan fingerprint density at radius 2 is 1.81 bits per heavy atom. The number of hydrogen-bond donors (Lipinski definition) is 1. The van der Waals surface area contributed by atoms with Crippen LogP contribution in [0.4, 0.5) is 11.9 Å². The molecule has 8 nitrogen and oxygen atoms in total. The van der Waals surface area contributed by atoms with Crippen LogP contribution in [-0.4, -0.2) is 40.8 Å². The van der Waals surface area contributed by atoms with E-state index in [1.807, 2.05) is 26.0 Å². The van der Waals surface area contributed by atoms with Crippen LogP contribution < -0.4 is 10.6 Å². The van der Waals surface area contributed by atoms with Crippen LogP contribution >= 0.6 is 0 Å². The zero-order chi connectivity index (χ0) is 19.3. The summed E-state index contributed by atoms with van der Waals surface area (Å²) in [5.74, 6) is 0.111. The van der Waals surface area contributed by atoms with Crippen molar-refractivity contribution < 1.29 is 14.3 Å². The number of nitrogens with zero attached hydrogens (tertiary/aromatic N) is 4. The number of ketones is 1. The first-order valence-electron chi connectivity index (χ1n) is 8.20. The number of carbonyl (C=O) groups is 2. The maximum absolute atomic E-state index is 12.2. The van der Waals surface area contributed by atoms with Gasteiger partial charge in [-0.25, -0.2) is 0 Å². The van der Waals surface area contributed by atoms with E-state index in [0.29, 0.717) is 11.5 Å². The summed E-state index contributed by atoms with van der Waals surface area (Å²) in [5.41, 5.74) is 8.38. The molecule has 2 rings (SSSR count). The lowest BCUT2D eigenvalue weighted by Gasteiger charge is -2.11. The first-order valence-corrected chi connectivity index (χ1v) is 8.20. The standard InChI is InChI=1S/C18H23N5O3/c1-11-5-6-13(9-12(11)2)14(24)7-8-16(25)26-10-15-20-17(19)22-18(21-15)23(3)4/h5-6,9H,7-8,10H2,1-4H3,(H2,19,20,21,22). The summed E-state index contributed by atoms with van der Waals surface area (Å²) in [4.78, 5) is 37.8. The number of aromatic nitrogens is 3. The summed E-state index contributed by atoms with van der Waals surface area (Å²) < 4.78 is 5.13. The van der Waals surface area contributed by atoms with Gasteiger partial charge in [0.25, 0.3) is 0 Å². The smallest absolute Gasteiger partial charge is 0.306 e. The number of anilines is 2. The Balaban J connectivity index is 1.87. The molecule has 0 spiro atoms. The van der Waals surface area contributed by atoms with Crippen molar-refractivity contribution in [1.29, 1.82) is 0 Å². The molecule has 2 N–H and O–H groups in total. The number of aryl methyl sites for hydroxylation is 2. The fourth-order valence-electron chi connectivity index (χ4n) is 2.18. The van der Waals surface area contributed by atoms with Gasteiger partial charge in [0.1, 0.15) is 0 Å². The van der Waals surface area contributed by atoms with Crippen molar-refractivity contribution in [2.75, 3.05) is 24.7 Å². The van der Waals surface area contributed by atoms with E-state index in [4.69, 9.17) is 10.5 Å². The largest absolute Gasteiger partial charge is 0.457 e. The molecule has 1 aromatic carbocycles. The fourth-order valence-corrected chi connectivity index (χ4v) is 2.18. The quantitative estimate of drug-likeness (QED) is 0.590. The molecule has 0 aliphatic rings. The van der Waals surface area contributed by atoms with Gasteiger partial charge in [-0.05, 0) is 31.0 Å². The number of benzene rings is 1. The molecule has 0 aliphatic heterocycles. The van der Waals surface area contributed by atoms with E-state index >= 15 is 0 Å². The lowest BCUT2D eigenvalue weighted by molar-refractivity contribution is -0.145. The number of nitrogen functional groups attached to an aromatic ring is 1. The average molecular weight is 357 g/mol. The topological polar surface area (TPSA) is 111 Å². The molecule has 0 saturated carbocycles. The predicted molar refractivity (Wildman–Crippen MR) is 97.8 cm³/mol. The van der Waals surface area contributed by atoms with Gasteiger partial charge in [-0.15, -0.1) is 0 Å². The molecule has 0 radical (unpaired) electrons. The van der Waals surface area contributed by atoms with E-state index in [1.54, 1.807) is 25.1 Å². The van der Waals surface area contributed by atoms with Gasteiger partial charge in [0, 0.05) is 26.1 Å². The molecule has 0 bridgehead atoms. The Morgan fingerprint density at radius 1 is 1.08 bits per heavy atom. The third-order valence-electron chi connectivity index (χ3n) is 3.83. The number of ether oxygens (including phenoxy) is 1. The normalized spacial score (nSPS) is 10.5. The van der Waals surface area contributed by atoms with Crippen molar-refractivity contribution >= 4 is 23.6 Å². The molecule has 2 aromatic rings. The molecular weight excluding hydrogens is 334 g/mol. The second-order valence-corrected chi connectivity index (χ2v) is 6.19. The van der Waals surface area contributed by atoms with Crippen molar-refractivity contribution in [3.63, 3.8) is 0 Å². The summed E-state index contributed by atoms with van der Waals surface area (Å²) in [6.45, 7) is 3.81. The van der Waals surface area contributed by atoms with Gasteiger partial charge in [-0.2, -0.15) is 15.0 Å². The number of rotatable bonds is 7. The number of hydrogen-bond acceptors (Lipinski definition) is 8. The maximum Gasteiger partial charge on any atom is 0.306 e. The Morgan fingerprint density at radius 3 is 2.46 bits per heavy atom. The van der Waals surface area contributed by atoms with E-state index in [1.165, 1.54) is 0 Å². The predicted octanol–water partition coefficient (Wildman–Crippen LogP) is 1.84. The van der Waals surface area contributed by atoms with Crippen molar-refractivity contribution in [3.05, 3.63) is 40.7 Å². The van der Waals surface area contributed by atoms with Crippen LogP contribution in [0.2, 0.25) is 0 Å². The second-order valence-electron chi connectivity index (χ2n) is 6.19. The summed E-state index contributed by atoms with van der Waals surface area (Å²) in [6, 6.07) is 5.50. The number of nitrogens with two attached hydrogens (primary N) is 1. The second kappa shape index (κ2) is 8.37. The molecule has 0 saturated heterocycles. The third-order valence-corrected chi connectivity index (χ3v) is 3.83. The molecule has 0 aliphatic carbocycles. The highest BCUT2D eigenvalue weighted by Gasteiger charge is 2.13. The zero-order valence-corrected chi connectivity index (χ0v) is 15.4. The van der Waals surface area contributed by atoms with Crippen LogP contribution in [0.1, 0.15) is 40.2 Å². The van der Waals surface area contributed by atoms with E-state index in [9.17, 15) is 9.59 Å². The molecule has 1 aromatic heterocycles. The Labute approximate surface area is 152 Å². The maximum atomic E-state index is 12.2. The van der Waals surface area contributed by atoms with Gasteiger partial charge in [0.15, 0.2) is 18.2 Å². The molecule has 26 heavy (non-hydrogen) atoms.